The Hall–Kier alpha value is -1.84. The van der Waals surface area contributed by atoms with Crippen LogP contribution < -0.4 is 4.90 Å². The van der Waals surface area contributed by atoms with Crippen molar-refractivity contribution in [2.75, 3.05) is 18.0 Å². The smallest absolute Gasteiger partial charge is 0.246 e. The van der Waals surface area contributed by atoms with Crippen molar-refractivity contribution in [2.24, 2.45) is 0 Å². The van der Waals surface area contributed by atoms with Gasteiger partial charge in [0.15, 0.2) is 0 Å². The molecule has 21 heavy (non-hydrogen) atoms. The first-order valence-electron chi connectivity index (χ1n) is 7.82. The van der Waals surface area contributed by atoms with E-state index in [0.29, 0.717) is 0 Å². The summed E-state index contributed by atoms with van der Waals surface area (Å²) in [6.07, 6.45) is 5.29. The largest absolute Gasteiger partial charge is 0.331 e. The third-order valence-electron chi connectivity index (χ3n) is 4.66. The zero-order valence-electron chi connectivity index (χ0n) is 12.5. The monoisotopic (exact) mass is 286 g/mol. The summed E-state index contributed by atoms with van der Waals surface area (Å²) in [6, 6.07) is 8.29. The van der Waals surface area contributed by atoms with Crippen molar-refractivity contribution in [1.82, 2.24) is 4.90 Å². The van der Waals surface area contributed by atoms with Gasteiger partial charge in [-0.15, -0.1) is 0 Å². The van der Waals surface area contributed by atoms with Crippen LogP contribution in [0.4, 0.5) is 5.69 Å². The number of anilines is 1. The molecule has 0 spiro atoms. The van der Waals surface area contributed by atoms with Crippen molar-refractivity contribution < 1.29 is 9.59 Å². The molecule has 0 saturated heterocycles. The number of carbonyl (C=O) groups is 2. The molecular weight excluding hydrogens is 264 g/mol. The van der Waals surface area contributed by atoms with E-state index in [0.717, 1.165) is 44.3 Å². The van der Waals surface area contributed by atoms with Gasteiger partial charge in [0.1, 0.15) is 6.54 Å². The molecule has 1 aromatic rings. The quantitative estimate of drug-likeness (QED) is 0.856. The maximum Gasteiger partial charge on any atom is 0.246 e. The number of carbonyl (C=O) groups excluding carboxylic acids is 2. The fraction of sp³-hybridized carbons (Fsp3) is 0.529. The minimum atomic E-state index is 0.0164. The van der Waals surface area contributed by atoms with Crippen LogP contribution in [0.2, 0.25) is 0 Å². The summed E-state index contributed by atoms with van der Waals surface area (Å²) in [4.78, 5) is 28.1. The van der Waals surface area contributed by atoms with Crippen molar-refractivity contribution in [3.8, 4) is 0 Å². The summed E-state index contributed by atoms with van der Waals surface area (Å²) >= 11 is 0. The molecule has 112 valence electrons. The summed E-state index contributed by atoms with van der Waals surface area (Å²) in [5.74, 6) is 0.0600. The Morgan fingerprint density at radius 1 is 1.24 bits per heavy atom. The number of fused-ring (bicyclic) bond motifs is 1. The van der Waals surface area contributed by atoms with E-state index in [1.54, 1.807) is 11.8 Å². The number of rotatable bonds is 3. The number of amides is 2. The van der Waals surface area contributed by atoms with Gasteiger partial charge in [-0.2, -0.15) is 0 Å². The fourth-order valence-electron chi connectivity index (χ4n) is 3.54. The number of hydrogen-bond donors (Lipinski definition) is 0. The van der Waals surface area contributed by atoms with Gasteiger partial charge in [0, 0.05) is 25.2 Å². The number of benzene rings is 1. The van der Waals surface area contributed by atoms with Crippen LogP contribution >= 0.6 is 0 Å². The highest BCUT2D eigenvalue weighted by atomic mass is 16.2. The first-order chi connectivity index (χ1) is 10.2. The lowest BCUT2D eigenvalue weighted by atomic mass is 10.2. The SMILES string of the molecule is CC(=O)N(CC(=O)N1CCc2ccccc21)C1CCCC1. The third-order valence-corrected chi connectivity index (χ3v) is 4.66. The van der Waals surface area contributed by atoms with Gasteiger partial charge in [0.05, 0.1) is 0 Å². The van der Waals surface area contributed by atoms with Crippen LogP contribution in [-0.4, -0.2) is 35.8 Å². The summed E-state index contributed by atoms with van der Waals surface area (Å²) < 4.78 is 0. The lowest BCUT2D eigenvalue weighted by Crippen LogP contribution is -2.45. The van der Waals surface area contributed by atoms with E-state index in [1.165, 1.54) is 5.56 Å². The van der Waals surface area contributed by atoms with Crippen molar-refractivity contribution in [3.05, 3.63) is 29.8 Å². The van der Waals surface area contributed by atoms with Crippen LogP contribution in [-0.2, 0) is 16.0 Å². The Kier molecular flexibility index (Phi) is 3.95. The molecule has 0 radical (unpaired) electrons. The van der Waals surface area contributed by atoms with Gasteiger partial charge in [-0.3, -0.25) is 9.59 Å². The van der Waals surface area contributed by atoms with E-state index in [2.05, 4.69) is 6.07 Å². The van der Waals surface area contributed by atoms with Gasteiger partial charge in [-0.25, -0.2) is 0 Å². The molecule has 1 fully saturated rings. The Morgan fingerprint density at radius 2 is 1.95 bits per heavy atom. The Bertz CT molecular complexity index is 549. The molecule has 2 amide bonds. The fourth-order valence-corrected chi connectivity index (χ4v) is 3.54. The van der Waals surface area contributed by atoms with Gasteiger partial charge in [-0.05, 0) is 30.9 Å². The van der Waals surface area contributed by atoms with E-state index in [9.17, 15) is 9.59 Å². The molecule has 4 heteroatoms. The van der Waals surface area contributed by atoms with E-state index in [-0.39, 0.29) is 24.4 Å². The summed E-state index contributed by atoms with van der Waals surface area (Å²) in [5, 5.41) is 0. The zero-order chi connectivity index (χ0) is 14.8. The average molecular weight is 286 g/mol. The molecule has 1 aliphatic carbocycles. The Morgan fingerprint density at radius 3 is 2.67 bits per heavy atom. The minimum absolute atomic E-state index is 0.0164. The summed E-state index contributed by atoms with van der Waals surface area (Å²) in [5.41, 5.74) is 2.23. The summed E-state index contributed by atoms with van der Waals surface area (Å²) in [7, 11) is 0. The topological polar surface area (TPSA) is 40.6 Å². The van der Waals surface area contributed by atoms with Crippen molar-refractivity contribution >= 4 is 17.5 Å². The van der Waals surface area contributed by atoms with Crippen LogP contribution in [0.3, 0.4) is 0 Å². The Balaban J connectivity index is 1.72. The number of para-hydroxylation sites is 1. The third kappa shape index (κ3) is 2.80. The molecule has 1 heterocycles. The predicted octanol–water partition coefficient (Wildman–Crippen LogP) is 2.37. The predicted molar refractivity (Wildman–Crippen MR) is 82.1 cm³/mol. The van der Waals surface area contributed by atoms with E-state index in [4.69, 9.17) is 0 Å². The van der Waals surface area contributed by atoms with Gasteiger partial charge >= 0.3 is 0 Å². The maximum absolute atomic E-state index is 12.6. The first-order valence-corrected chi connectivity index (χ1v) is 7.82. The molecule has 2 aliphatic rings. The van der Waals surface area contributed by atoms with E-state index >= 15 is 0 Å². The van der Waals surface area contributed by atoms with Crippen molar-refractivity contribution in [2.45, 2.75) is 45.1 Å². The molecular formula is C17H22N2O2. The number of hydrogen-bond acceptors (Lipinski definition) is 2. The van der Waals surface area contributed by atoms with E-state index < -0.39 is 0 Å². The van der Waals surface area contributed by atoms with Gasteiger partial charge < -0.3 is 9.80 Å². The molecule has 0 bridgehead atoms. The molecule has 1 saturated carbocycles. The van der Waals surface area contributed by atoms with Crippen LogP contribution in [0.5, 0.6) is 0 Å². The average Bonchev–Trinajstić information content (AvgIpc) is 3.13. The second kappa shape index (κ2) is 5.88. The van der Waals surface area contributed by atoms with Crippen molar-refractivity contribution in [3.63, 3.8) is 0 Å². The summed E-state index contributed by atoms with van der Waals surface area (Å²) in [6.45, 7) is 2.52. The lowest BCUT2D eigenvalue weighted by Gasteiger charge is -2.29. The van der Waals surface area contributed by atoms with Gasteiger partial charge in [0.2, 0.25) is 11.8 Å². The Labute approximate surface area is 125 Å². The number of nitrogens with zero attached hydrogens (tertiary/aromatic N) is 2. The van der Waals surface area contributed by atoms with Gasteiger partial charge in [-0.1, -0.05) is 31.0 Å². The minimum Gasteiger partial charge on any atom is -0.331 e. The normalized spacial score (nSPS) is 17.9. The molecule has 3 rings (SSSR count). The van der Waals surface area contributed by atoms with Crippen LogP contribution in [0.25, 0.3) is 0 Å². The second-order valence-electron chi connectivity index (χ2n) is 6.01. The van der Waals surface area contributed by atoms with Crippen molar-refractivity contribution in [1.29, 1.82) is 0 Å². The standard InChI is InChI=1S/C17H22N2O2/c1-13(20)19(15-7-3-4-8-15)12-17(21)18-11-10-14-6-2-5-9-16(14)18/h2,5-6,9,15H,3-4,7-8,10-12H2,1H3. The zero-order valence-corrected chi connectivity index (χ0v) is 12.5. The van der Waals surface area contributed by atoms with E-state index in [1.807, 2.05) is 23.1 Å². The van der Waals surface area contributed by atoms with Crippen LogP contribution in [0.15, 0.2) is 24.3 Å². The molecule has 0 unspecified atom stereocenters. The molecule has 0 N–H and O–H groups in total. The maximum atomic E-state index is 12.6. The first kappa shape index (κ1) is 14.1. The molecule has 1 aromatic carbocycles. The molecule has 1 aliphatic heterocycles. The lowest BCUT2D eigenvalue weighted by molar-refractivity contribution is -0.135. The highest BCUT2D eigenvalue weighted by Gasteiger charge is 2.30. The molecule has 0 aromatic heterocycles. The molecule has 4 nitrogen and oxygen atoms in total. The van der Waals surface area contributed by atoms with Gasteiger partial charge in [0.25, 0.3) is 0 Å². The van der Waals surface area contributed by atoms with Crippen LogP contribution in [0.1, 0.15) is 38.2 Å². The second-order valence-corrected chi connectivity index (χ2v) is 6.01. The molecule has 0 atom stereocenters. The highest BCUT2D eigenvalue weighted by Crippen LogP contribution is 2.28. The highest BCUT2D eigenvalue weighted by molar-refractivity contribution is 5.98. The van der Waals surface area contributed by atoms with Crippen LogP contribution in [0, 0.1) is 0 Å².